The van der Waals surface area contributed by atoms with E-state index in [9.17, 15) is 4.79 Å². The van der Waals surface area contributed by atoms with Crippen molar-refractivity contribution in [3.63, 3.8) is 0 Å². The van der Waals surface area contributed by atoms with Crippen molar-refractivity contribution in [2.45, 2.75) is 13.8 Å². The first-order chi connectivity index (χ1) is 13.1. The Bertz CT molecular complexity index is 1130. The van der Waals surface area contributed by atoms with E-state index in [1.807, 2.05) is 74.5 Å². The third-order valence-electron chi connectivity index (χ3n) is 4.53. The predicted octanol–water partition coefficient (Wildman–Crippen LogP) is 5.17. The molecule has 0 aliphatic heterocycles. The van der Waals surface area contributed by atoms with Crippen LogP contribution in [0.3, 0.4) is 0 Å². The lowest BCUT2D eigenvalue weighted by molar-refractivity contribution is 0.102. The second-order valence-corrected chi connectivity index (χ2v) is 6.56. The molecule has 0 saturated carbocycles. The van der Waals surface area contributed by atoms with Crippen LogP contribution in [0.2, 0.25) is 0 Å². The van der Waals surface area contributed by atoms with Gasteiger partial charge in [0.2, 0.25) is 0 Å². The van der Waals surface area contributed by atoms with Gasteiger partial charge in [0.25, 0.3) is 5.91 Å². The molecule has 4 aromatic rings. The van der Waals surface area contributed by atoms with E-state index in [0.29, 0.717) is 11.4 Å². The number of hydrogen-bond donors (Lipinski definition) is 1. The second kappa shape index (κ2) is 7.00. The number of rotatable bonds is 3. The smallest absolute Gasteiger partial charge is 0.257 e. The van der Waals surface area contributed by atoms with E-state index in [2.05, 4.69) is 10.3 Å². The molecule has 4 rings (SSSR count). The monoisotopic (exact) mass is 353 g/mol. The Balaban J connectivity index is 1.82. The van der Waals surface area contributed by atoms with Gasteiger partial charge in [-0.2, -0.15) is 0 Å². The Morgan fingerprint density at radius 1 is 0.926 bits per heavy atom. The molecule has 27 heavy (non-hydrogen) atoms. The fourth-order valence-corrected chi connectivity index (χ4v) is 3.09. The predicted molar refractivity (Wildman–Crippen MR) is 109 cm³/mol. The standard InChI is InChI=1S/C23H19N3O/c1-15-11-12-22(24-14-15)26-23(27)19-13-21(17-8-4-3-7-16(17)2)25-20-10-6-5-9-18(19)20/h3-14H,1-2H3,(H,24,26,27). The van der Waals surface area contributed by atoms with Crippen molar-refractivity contribution in [1.82, 2.24) is 9.97 Å². The normalized spacial score (nSPS) is 10.7. The number of carbonyl (C=O) groups excluding carboxylic acids is 1. The van der Waals surface area contributed by atoms with E-state index in [1.165, 1.54) is 0 Å². The maximum atomic E-state index is 13.0. The second-order valence-electron chi connectivity index (χ2n) is 6.56. The lowest BCUT2D eigenvalue weighted by Crippen LogP contribution is -2.14. The summed E-state index contributed by atoms with van der Waals surface area (Å²) in [6.45, 7) is 4.01. The van der Waals surface area contributed by atoms with Gasteiger partial charge in [-0.3, -0.25) is 4.79 Å². The minimum atomic E-state index is -0.195. The van der Waals surface area contributed by atoms with Crippen LogP contribution in [0.15, 0.2) is 72.9 Å². The Labute approximate surface area is 157 Å². The number of fused-ring (bicyclic) bond motifs is 1. The van der Waals surface area contributed by atoms with Crippen LogP contribution in [0.25, 0.3) is 22.2 Å². The molecule has 0 aliphatic rings. The molecule has 132 valence electrons. The average molecular weight is 353 g/mol. The van der Waals surface area contributed by atoms with Crippen molar-refractivity contribution in [3.05, 3.63) is 89.6 Å². The highest BCUT2D eigenvalue weighted by Crippen LogP contribution is 2.27. The maximum absolute atomic E-state index is 13.0. The highest BCUT2D eigenvalue weighted by Gasteiger charge is 2.15. The minimum Gasteiger partial charge on any atom is -0.307 e. The lowest BCUT2D eigenvalue weighted by atomic mass is 10.0. The molecule has 4 heteroatoms. The van der Waals surface area contributed by atoms with Crippen LogP contribution in [0, 0.1) is 13.8 Å². The number of nitrogens with one attached hydrogen (secondary N) is 1. The van der Waals surface area contributed by atoms with Crippen LogP contribution < -0.4 is 5.32 Å². The first kappa shape index (κ1) is 16.9. The van der Waals surface area contributed by atoms with Gasteiger partial charge in [-0.15, -0.1) is 0 Å². The fourth-order valence-electron chi connectivity index (χ4n) is 3.09. The fraction of sp³-hybridized carbons (Fsp3) is 0.0870. The summed E-state index contributed by atoms with van der Waals surface area (Å²) in [7, 11) is 0. The molecule has 0 saturated heterocycles. The summed E-state index contributed by atoms with van der Waals surface area (Å²) in [5, 5.41) is 3.71. The minimum absolute atomic E-state index is 0.195. The van der Waals surface area contributed by atoms with E-state index >= 15 is 0 Å². The molecule has 0 unspecified atom stereocenters. The van der Waals surface area contributed by atoms with Crippen LogP contribution in [-0.4, -0.2) is 15.9 Å². The van der Waals surface area contributed by atoms with Gasteiger partial charge in [0.1, 0.15) is 5.82 Å². The van der Waals surface area contributed by atoms with E-state index in [-0.39, 0.29) is 5.91 Å². The summed E-state index contributed by atoms with van der Waals surface area (Å²) < 4.78 is 0. The van der Waals surface area contributed by atoms with Crippen molar-refractivity contribution in [2.75, 3.05) is 5.32 Å². The van der Waals surface area contributed by atoms with Crippen molar-refractivity contribution in [2.24, 2.45) is 0 Å². The molecule has 1 N–H and O–H groups in total. The van der Waals surface area contributed by atoms with Crippen LogP contribution in [0.4, 0.5) is 5.82 Å². The third kappa shape index (κ3) is 3.42. The van der Waals surface area contributed by atoms with Gasteiger partial charge in [0.05, 0.1) is 16.8 Å². The Kier molecular flexibility index (Phi) is 4.38. The molecule has 2 heterocycles. The quantitative estimate of drug-likeness (QED) is 0.553. The zero-order chi connectivity index (χ0) is 18.8. The van der Waals surface area contributed by atoms with Crippen LogP contribution in [0.5, 0.6) is 0 Å². The van der Waals surface area contributed by atoms with Crippen molar-refractivity contribution in [3.8, 4) is 11.3 Å². The van der Waals surface area contributed by atoms with Gasteiger partial charge in [0.15, 0.2) is 0 Å². The summed E-state index contributed by atoms with van der Waals surface area (Å²) in [5.41, 5.74) is 5.34. The number of anilines is 1. The molecule has 1 amide bonds. The molecule has 0 bridgehead atoms. The van der Waals surface area contributed by atoms with Crippen molar-refractivity contribution < 1.29 is 4.79 Å². The molecule has 0 aliphatic carbocycles. The highest BCUT2D eigenvalue weighted by atomic mass is 16.1. The highest BCUT2D eigenvalue weighted by molar-refractivity contribution is 6.12. The number of aromatic nitrogens is 2. The summed E-state index contributed by atoms with van der Waals surface area (Å²) in [5.74, 6) is 0.337. The molecule has 4 nitrogen and oxygen atoms in total. The summed E-state index contributed by atoms with van der Waals surface area (Å²) >= 11 is 0. The first-order valence-corrected chi connectivity index (χ1v) is 8.81. The van der Waals surface area contributed by atoms with E-state index in [4.69, 9.17) is 4.98 Å². The number of hydrogen-bond acceptors (Lipinski definition) is 3. The van der Waals surface area contributed by atoms with Gasteiger partial charge < -0.3 is 5.32 Å². The SMILES string of the molecule is Cc1ccc(NC(=O)c2cc(-c3ccccc3C)nc3ccccc23)nc1. The molecule has 2 aromatic heterocycles. The maximum Gasteiger partial charge on any atom is 0.257 e. The molecule has 0 fully saturated rings. The Morgan fingerprint density at radius 2 is 1.70 bits per heavy atom. The number of amides is 1. The summed E-state index contributed by atoms with van der Waals surface area (Å²) in [6.07, 6.45) is 1.74. The summed E-state index contributed by atoms with van der Waals surface area (Å²) in [4.78, 5) is 22.0. The van der Waals surface area contributed by atoms with E-state index < -0.39 is 0 Å². The van der Waals surface area contributed by atoms with Crippen molar-refractivity contribution >= 4 is 22.6 Å². The molecule has 0 atom stereocenters. The van der Waals surface area contributed by atoms with Gasteiger partial charge in [0, 0.05) is 17.1 Å². The Hall–Kier alpha value is -3.53. The van der Waals surface area contributed by atoms with E-state index in [1.54, 1.807) is 12.3 Å². The molecular formula is C23H19N3O. The summed E-state index contributed by atoms with van der Waals surface area (Å²) in [6, 6.07) is 21.3. The number of aryl methyl sites for hydroxylation is 2. The number of benzene rings is 2. The average Bonchev–Trinajstić information content (AvgIpc) is 2.69. The van der Waals surface area contributed by atoms with Crippen LogP contribution in [-0.2, 0) is 0 Å². The molecule has 2 aromatic carbocycles. The van der Waals surface area contributed by atoms with Crippen molar-refractivity contribution in [1.29, 1.82) is 0 Å². The zero-order valence-corrected chi connectivity index (χ0v) is 15.2. The lowest BCUT2D eigenvalue weighted by Gasteiger charge is -2.11. The number of pyridine rings is 2. The molecular weight excluding hydrogens is 334 g/mol. The first-order valence-electron chi connectivity index (χ1n) is 8.81. The third-order valence-corrected chi connectivity index (χ3v) is 4.53. The van der Waals surface area contributed by atoms with Gasteiger partial charge in [-0.25, -0.2) is 9.97 Å². The zero-order valence-electron chi connectivity index (χ0n) is 15.2. The van der Waals surface area contributed by atoms with Crippen LogP contribution in [0.1, 0.15) is 21.5 Å². The van der Waals surface area contributed by atoms with E-state index in [0.717, 1.165) is 33.3 Å². The Morgan fingerprint density at radius 3 is 2.48 bits per heavy atom. The van der Waals surface area contributed by atoms with Gasteiger partial charge in [-0.05, 0) is 43.2 Å². The molecule has 0 spiro atoms. The topological polar surface area (TPSA) is 54.9 Å². The largest absolute Gasteiger partial charge is 0.307 e. The van der Waals surface area contributed by atoms with Crippen LogP contribution >= 0.6 is 0 Å². The van der Waals surface area contributed by atoms with Gasteiger partial charge in [-0.1, -0.05) is 48.5 Å². The number of carbonyl (C=O) groups is 1. The molecule has 0 radical (unpaired) electrons. The number of nitrogens with zero attached hydrogens (tertiary/aromatic N) is 2. The number of para-hydroxylation sites is 1. The van der Waals surface area contributed by atoms with Gasteiger partial charge >= 0.3 is 0 Å².